The van der Waals surface area contributed by atoms with Crippen LogP contribution in [0, 0.1) is 5.41 Å². The molecule has 1 amide bonds. The number of hydrogen-bond acceptors (Lipinski definition) is 3. The zero-order chi connectivity index (χ0) is 13.0. The number of rotatable bonds is 4. The Morgan fingerprint density at radius 2 is 2.06 bits per heavy atom. The smallest absolute Gasteiger partial charge is 0.233 e. The number of thiocarbonyl (C=S) groups is 1. The highest BCUT2D eigenvalue weighted by Gasteiger charge is 2.43. The van der Waals surface area contributed by atoms with Crippen molar-refractivity contribution in [3.05, 3.63) is 0 Å². The molecule has 2 aliphatic rings. The van der Waals surface area contributed by atoms with Crippen molar-refractivity contribution >= 4 is 23.1 Å². The van der Waals surface area contributed by atoms with Crippen molar-refractivity contribution < 1.29 is 9.53 Å². The summed E-state index contributed by atoms with van der Waals surface area (Å²) in [6, 6.07) is 0. The van der Waals surface area contributed by atoms with Gasteiger partial charge in [-0.15, -0.1) is 0 Å². The van der Waals surface area contributed by atoms with Crippen molar-refractivity contribution in [3.63, 3.8) is 0 Å². The van der Waals surface area contributed by atoms with Crippen LogP contribution in [0.25, 0.3) is 0 Å². The monoisotopic (exact) mass is 270 g/mol. The highest BCUT2D eigenvalue weighted by molar-refractivity contribution is 7.80. The molecule has 0 radical (unpaired) electrons. The van der Waals surface area contributed by atoms with E-state index in [0.717, 1.165) is 45.1 Å². The van der Waals surface area contributed by atoms with E-state index in [9.17, 15) is 4.79 Å². The first-order valence-corrected chi connectivity index (χ1v) is 7.26. The number of ether oxygens (including phenoxy) is 1. The second-order valence-electron chi connectivity index (χ2n) is 5.35. The van der Waals surface area contributed by atoms with Gasteiger partial charge in [0, 0.05) is 13.2 Å². The summed E-state index contributed by atoms with van der Waals surface area (Å²) in [5.41, 5.74) is 5.19. The van der Waals surface area contributed by atoms with E-state index in [1.54, 1.807) is 0 Å². The molecule has 0 bridgehead atoms. The molecule has 1 aliphatic carbocycles. The molecule has 2 fully saturated rings. The number of carbonyl (C=O) groups is 1. The minimum atomic E-state index is -0.593. The van der Waals surface area contributed by atoms with Crippen molar-refractivity contribution in [2.45, 2.75) is 51.0 Å². The van der Waals surface area contributed by atoms with Gasteiger partial charge in [0.2, 0.25) is 5.91 Å². The molecule has 1 aliphatic heterocycles. The van der Waals surface area contributed by atoms with Gasteiger partial charge >= 0.3 is 0 Å². The maximum absolute atomic E-state index is 12.3. The van der Waals surface area contributed by atoms with Gasteiger partial charge < -0.3 is 15.8 Å². The predicted octanol–water partition coefficient (Wildman–Crippen LogP) is 1.52. The Hall–Kier alpha value is -0.680. The van der Waals surface area contributed by atoms with Gasteiger partial charge in [0.25, 0.3) is 0 Å². The maximum atomic E-state index is 12.3. The van der Waals surface area contributed by atoms with Gasteiger partial charge in [0.15, 0.2) is 0 Å². The third-order valence-corrected chi connectivity index (χ3v) is 4.52. The molecule has 1 saturated heterocycles. The molecule has 4 nitrogen and oxygen atoms in total. The molecule has 0 aromatic heterocycles. The summed E-state index contributed by atoms with van der Waals surface area (Å²) in [4.78, 5) is 12.7. The summed E-state index contributed by atoms with van der Waals surface area (Å²) in [6.45, 7) is 1.39. The standard InChI is InChI=1S/C13H22N2O2S/c14-11(18)13(6-2-3-7-13)12(16)15-9-10-5-1-4-8-17-10/h10H,1-9H2,(H2,14,18)(H,15,16). The maximum Gasteiger partial charge on any atom is 0.233 e. The molecule has 1 saturated carbocycles. The third kappa shape index (κ3) is 2.83. The highest BCUT2D eigenvalue weighted by Crippen LogP contribution is 2.38. The van der Waals surface area contributed by atoms with Crippen LogP contribution >= 0.6 is 12.2 Å². The molecule has 0 aromatic rings. The summed E-state index contributed by atoms with van der Waals surface area (Å²) in [7, 11) is 0. The summed E-state index contributed by atoms with van der Waals surface area (Å²) >= 11 is 5.10. The predicted molar refractivity (Wildman–Crippen MR) is 74.3 cm³/mol. The van der Waals surface area contributed by atoms with Crippen LogP contribution in [0.3, 0.4) is 0 Å². The lowest BCUT2D eigenvalue weighted by atomic mass is 9.85. The summed E-state index contributed by atoms with van der Waals surface area (Å²) in [5.74, 6) is 0.00155. The average molecular weight is 270 g/mol. The van der Waals surface area contributed by atoms with Crippen molar-refractivity contribution in [1.29, 1.82) is 0 Å². The van der Waals surface area contributed by atoms with E-state index < -0.39 is 5.41 Å². The number of carbonyl (C=O) groups excluding carboxylic acids is 1. The quantitative estimate of drug-likeness (QED) is 0.760. The van der Waals surface area contributed by atoms with Gasteiger partial charge in [0.1, 0.15) is 0 Å². The van der Waals surface area contributed by atoms with Crippen molar-refractivity contribution in [2.24, 2.45) is 11.1 Å². The molecule has 102 valence electrons. The Kier molecular flexibility index (Phi) is 4.56. The summed E-state index contributed by atoms with van der Waals surface area (Å²) in [5, 5.41) is 2.99. The number of hydrogen-bond donors (Lipinski definition) is 2. The molecule has 0 spiro atoms. The topological polar surface area (TPSA) is 64.4 Å². The van der Waals surface area contributed by atoms with Crippen LogP contribution < -0.4 is 11.1 Å². The van der Waals surface area contributed by atoms with Crippen LogP contribution in [0.5, 0.6) is 0 Å². The molecule has 1 atom stereocenters. The normalized spacial score (nSPS) is 26.8. The van der Waals surface area contributed by atoms with Crippen LogP contribution in [0.2, 0.25) is 0 Å². The lowest BCUT2D eigenvalue weighted by Gasteiger charge is -2.28. The van der Waals surface area contributed by atoms with E-state index in [1.807, 2.05) is 0 Å². The number of nitrogens with two attached hydrogens (primary N) is 1. The van der Waals surface area contributed by atoms with Crippen molar-refractivity contribution in [1.82, 2.24) is 5.32 Å². The Morgan fingerprint density at radius 3 is 2.61 bits per heavy atom. The first-order chi connectivity index (χ1) is 8.65. The lowest BCUT2D eigenvalue weighted by molar-refractivity contribution is -0.128. The molecule has 1 heterocycles. The van der Waals surface area contributed by atoms with Gasteiger partial charge in [-0.3, -0.25) is 4.79 Å². The molecule has 0 aromatic carbocycles. The molecule has 1 unspecified atom stereocenters. The first-order valence-electron chi connectivity index (χ1n) is 6.85. The molecule has 3 N–H and O–H groups in total. The van der Waals surface area contributed by atoms with Crippen LogP contribution in [0.1, 0.15) is 44.9 Å². The van der Waals surface area contributed by atoms with Crippen LogP contribution in [-0.2, 0) is 9.53 Å². The van der Waals surface area contributed by atoms with Crippen molar-refractivity contribution in [3.8, 4) is 0 Å². The first kappa shape index (κ1) is 13.7. The molecular formula is C13H22N2O2S. The van der Waals surface area contributed by atoms with E-state index in [0.29, 0.717) is 11.5 Å². The van der Waals surface area contributed by atoms with Gasteiger partial charge in [-0.05, 0) is 32.1 Å². The van der Waals surface area contributed by atoms with Crippen LogP contribution in [0.4, 0.5) is 0 Å². The van der Waals surface area contributed by atoms with Crippen molar-refractivity contribution in [2.75, 3.05) is 13.2 Å². The SMILES string of the molecule is NC(=S)C1(C(=O)NCC2CCCCO2)CCCC1. The number of amides is 1. The summed E-state index contributed by atoms with van der Waals surface area (Å²) < 4.78 is 5.61. The Morgan fingerprint density at radius 1 is 1.33 bits per heavy atom. The fraction of sp³-hybridized carbons (Fsp3) is 0.846. The molecule has 5 heteroatoms. The minimum Gasteiger partial charge on any atom is -0.392 e. The van der Waals surface area contributed by atoms with Crippen LogP contribution in [-0.4, -0.2) is 30.2 Å². The highest BCUT2D eigenvalue weighted by atomic mass is 32.1. The Bertz CT molecular complexity index is 321. The Balaban J connectivity index is 1.87. The van der Waals surface area contributed by atoms with Gasteiger partial charge in [-0.2, -0.15) is 0 Å². The zero-order valence-electron chi connectivity index (χ0n) is 10.7. The fourth-order valence-electron chi connectivity index (χ4n) is 2.91. The Labute approximate surface area is 114 Å². The average Bonchev–Trinajstić information content (AvgIpc) is 2.88. The second kappa shape index (κ2) is 5.97. The summed E-state index contributed by atoms with van der Waals surface area (Å²) in [6.07, 6.45) is 7.14. The molecule has 2 rings (SSSR count). The third-order valence-electron chi connectivity index (χ3n) is 4.13. The van der Waals surface area contributed by atoms with Crippen LogP contribution in [0.15, 0.2) is 0 Å². The fourth-order valence-corrected chi connectivity index (χ4v) is 3.20. The van der Waals surface area contributed by atoms with E-state index >= 15 is 0 Å². The van der Waals surface area contributed by atoms with Gasteiger partial charge in [-0.25, -0.2) is 0 Å². The molecule has 18 heavy (non-hydrogen) atoms. The lowest BCUT2D eigenvalue weighted by Crippen LogP contribution is -2.49. The molecular weight excluding hydrogens is 248 g/mol. The zero-order valence-corrected chi connectivity index (χ0v) is 11.6. The van der Waals surface area contributed by atoms with Gasteiger partial charge in [-0.1, -0.05) is 25.1 Å². The number of nitrogens with one attached hydrogen (secondary N) is 1. The largest absolute Gasteiger partial charge is 0.392 e. The van der Waals surface area contributed by atoms with E-state index in [2.05, 4.69) is 5.32 Å². The van der Waals surface area contributed by atoms with E-state index in [-0.39, 0.29) is 12.0 Å². The van der Waals surface area contributed by atoms with E-state index in [4.69, 9.17) is 22.7 Å². The minimum absolute atomic E-state index is 0.00155. The second-order valence-corrected chi connectivity index (χ2v) is 5.79. The van der Waals surface area contributed by atoms with E-state index in [1.165, 1.54) is 6.42 Å². The van der Waals surface area contributed by atoms with Gasteiger partial charge in [0.05, 0.1) is 16.5 Å².